The van der Waals surface area contributed by atoms with Crippen molar-refractivity contribution in [3.05, 3.63) is 35.4 Å². The zero-order valence-electron chi connectivity index (χ0n) is 9.28. The van der Waals surface area contributed by atoms with Crippen LogP contribution in [0.1, 0.15) is 43.2 Å². The van der Waals surface area contributed by atoms with E-state index in [4.69, 9.17) is 0 Å². The summed E-state index contributed by atoms with van der Waals surface area (Å²) in [4.78, 5) is 10.7. The zero-order valence-corrected chi connectivity index (χ0v) is 9.28. The maximum atomic E-state index is 10.7. The molecule has 1 aromatic carbocycles. The van der Waals surface area contributed by atoms with Gasteiger partial charge in [0.2, 0.25) is 0 Å². The maximum absolute atomic E-state index is 10.7. The van der Waals surface area contributed by atoms with Gasteiger partial charge in [0.05, 0.1) is 0 Å². The lowest BCUT2D eigenvalue weighted by molar-refractivity contribution is -0.110. The summed E-state index contributed by atoms with van der Waals surface area (Å²) in [6, 6.07) is 8.60. The van der Waals surface area contributed by atoms with Crippen molar-refractivity contribution >= 4 is 6.29 Å². The van der Waals surface area contributed by atoms with E-state index in [1.54, 1.807) is 0 Å². The van der Waals surface area contributed by atoms with E-state index >= 15 is 0 Å². The van der Waals surface area contributed by atoms with E-state index in [1.165, 1.54) is 30.4 Å². The quantitative estimate of drug-likeness (QED) is 0.684. The molecule has 1 unspecified atom stereocenters. The standard InChI is InChI=1S/C14H18O/c1-11(10-15)9-13-5-2-3-8-14(13)12-6-4-7-12/h2-3,5,8,10-12H,4,6-7,9H2,1H3. The summed E-state index contributed by atoms with van der Waals surface area (Å²) in [5, 5.41) is 0. The van der Waals surface area contributed by atoms with Crippen molar-refractivity contribution in [2.24, 2.45) is 5.92 Å². The molecule has 80 valence electrons. The molecule has 0 bridgehead atoms. The third-order valence-corrected chi connectivity index (χ3v) is 3.37. The highest BCUT2D eigenvalue weighted by Gasteiger charge is 2.21. The first-order valence-corrected chi connectivity index (χ1v) is 5.84. The third kappa shape index (κ3) is 2.28. The fraction of sp³-hybridized carbons (Fsp3) is 0.500. The van der Waals surface area contributed by atoms with Crippen LogP contribution in [0.2, 0.25) is 0 Å². The molecule has 1 aromatic rings. The Morgan fingerprint density at radius 3 is 2.73 bits per heavy atom. The molecule has 1 fully saturated rings. The van der Waals surface area contributed by atoms with Crippen molar-refractivity contribution in [1.29, 1.82) is 0 Å². The number of aldehydes is 1. The van der Waals surface area contributed by atoms with Crippen LogP contribution in [0.4, 0.5) is 0 Å². The molecule has 15 heavy (non-hydrogen) atoms. The molecule has 0 radical (unpaired) electrons. The molecule has 1 atom stereocenters. The molecule has 1 nitrogen and oxygen atoms in total. The Labute approximate surface area is 91.5 Å². The van der Waals surface area contributed by atoms with Crippen LogP contribution in [0.25, 0.3) is 0 Å². The first-order valence-electron chi connectivity index (χ1n) is 5.84. The van der Waals surface area contributed by atoms with Crippen LogP contribution < -0.4 is 0 Å². The number of rotatable bonds is 4. The number of carbonyl (C=O) groups is 1. The van der Waals surface area contributed by atoms with Gasteiger partial charge in [0.1, 0.15) is 6.29 Å². The molecule has 1 aliphatic rings. The van der Waals surface area contributed by atoms with Crippen molar-refractivity contribution in [2.75, 3.05) is 0 Å². The third-order valence-electron chi connectivity index (χ3n) is 3.37. The zero-order chi connectivity index (χ0) is 10.7. The Morgan fingerprint density at radius 1 is 1.40 bits per heavy atom. The highest BCUT2D eigenvalue weighted by molar-refractivity contribution is 5.54. The van der Waals surface area contributed by atoms with Gasteiger partial charge in [-0.25, -0.2) is 0 Å². The number of hydrogen-bond acceptors (Lipinski definition) is 1. The minimum Gasteiger partial charge on any atom is -0.303 e. The van der Waals surface area contributed by atoms with E-state index in [1.807, 2.05) is 6.92 Å². The van der Waals surface area contributed by atoms with Gasteiger partial charge in [-0.05, 0) is 36.3 Å². The highest BCUT2D eigenvalue weighted by atomic mass is 16.1. The predicted molar refractivity (Wildman–Crippen MR) is 62.0 cm³/mol. The Hall–Kier alpha value is -1.11. The van der Waals surface area contributed by atoms with Crippen LogP contribution in [0.3, 0.4) is 0 Å². The minimum atomic E-state index is 0.145. The van der Waals surface area contributed by atoms with Crippen molar-refractivity contribution in [3.63, 3.8) is 0 Å². The van der Waals surface area contributed by atoms with Gasteiger partial charge in [-0.1, -0.05) is 37.6 Å². The first kappa shape index (κ1) is 10.4. The van der Waals surface area contributed by atoms with Gasteiger partial charge in [0.15, 0.2) is 0 Å². The second-order valence-corrected chi connectivity index (χ2v) is 4.64. The molecule has 1 aliphatic carbocycles. The SMILES string of the molecule is CC(C=O)Cc1ccccc1C1CCC1. The van der Waals surface area contributed by atoms with E-state index in [0.717, 1.165) is 18.6 Å². The van der Waals surface area contributed by atoms with E-state index in [-0.39, 0.29) is 5.92 Å². The van der Waals surface area contributed by atoms with E-state index in [9.17, 15) is 4.79 Å². The molecular weight excluding hydrogens is 184 g/mol. The molecule has 0 heterocycles. The molecule has 1 saturated carbocycles. The molecule has 0 aliphatic heterocycles. The van der Waals surface area contributed by atoms with Crippen molar-refractivity contribution in [3.8, 4) is 0 Å². The van der Waals surface area contributed by atoms with Crippen molar-refractivity contribution in [1.82, 2.24) is 0 Å². The summed E-state index contributed by atoms with van der Waals surface area (Å²) in [6.45, 7) is 1.99. The summed E-state index contributed by atoms with van der Waals surface area (Å²) in [5.41, 5.74) is 2.86. The lowest BCUT2D eigenvalue weighted by Crippen LogP contribution is -2.12. The number of hydrogen-bond donors (Lipinski definition) is 0. The van der Waals surface area contributed by atoms with E-state index in [0.29, 0.717) is 0 Å². The Balaban J connectivity index is 2.17. The molecule has 0 amide bonds. The van der Waals surface area contributed by atoms with Crippen LogP contribution in [0, 0.1) is 5.92 Å². The van der Waals surface area contributed by atoms with Gasteiger partial charge >= 0.3 is 0 Å². The van der Waals surface area contributed by atoms with Crippen LogP contribution in [-0.2, 0) is 11.2 Å². The summed E-state index contributed by atoms with van der Waals surface area (Å²) in [6.07, 6.45) is 5.97. The second-order valence-electron chi connectivity index (χ2n) is 4.64. The van der Waals surface area contributed by atoms with Crippen LogP contribution >= 0.6 is 0 Å². The van der Waals surface area contributed by atoms with Gasteiger partial charge in [-0.3, -0.25) is 0 Å². The summed E-state index contributed by atoms with van der Waals surface area (Å²) >= 11 is 0. The molecule has 2 rings (SSSR count). The lowest BCUT2D eigenvalue weighted by Gasteiger charge is -2.28. The average molecular weight is 202 g/mol. The summed E-state index contributed by atoms with van der Waals surface area (Å²) < 4.78 is 0. The van der Waals surface area contributed by atoms with Crippen molar-refractivity contribution in [2.45, 2.75) is 38.5 Å². The smallest absolute Gasteiger partial charge is 0.123 e. The van der Waals surface area contributed by atoms with Crippen molar-refractivity contribution < 1.29 is 4.79 Å². The van der Waals surface area contributed by atoms with E-state index < -0.39 is 0 Å². The summed E-state index contributed by atoms with van der Waals surface area (Å²) in [5.74, 6) is 0.909. The normalized spacial score (nSPS) is 18.2. The lowest BCUT2D eigenvalue weighted by atomic mass is 9.77. The van der Waals surface area contributed by atoms with Gasteiger partial charge in [-0.15, -0.1) is 0 Å². The summed E-state index contributed by atoms with van der Waals surface area (Å²) in [7, 11) is 0. The Bertz CT molecular complexity index is 339. The topological polar surface area (TPSA) is 17.1 Å². The second kappa shape index (κ2) is 4.61. The van der Waals surface area contributed by atoms with Crippen LogP contribution in [-0.4, -0.2) is 6.29 Å². The molecule has 0 aromatic heterocycles. The molecular formula is C14H18O. The first-order chi connectivity index (χ1) is 7.31. The van der Waals surface area contributed by atoms with Crippen LogP contribution in [0.5, 0.6) is 0 Å². The number of carbonyl (C=O) groups excluding carboxylic acids is 1. The minimum absolute atomic E-state index is 0.145. The molecule has 1 heteroatoms. The maximum Gasteiger partial charge on any atom is 0.123 e. The Morgan fingerprint density at radius 2 is 2.13 bits per heavy atom. The molecule has 0 spiro atoms. The average Bonchev–Trinajstić information content (AvgIpc) is 2.18. The van der Waals surface area contributed by atoms with E-state index in [2.05, 4.69) is 24.3 Å². The Kier molecular flexibility index (Phi) is 3.20. The van der Waals surface area contributed by atoms with Gasteiger partial charge in [0.25, 0.3) is 0 Å². The van der Waals surface area contributed by atoms with Gasteiger partial charge in [0, 0.05) is 5.92 Å². The molecule has 0 saturated heterocycles. The highest BCUT2D eigenvalue weighted by Crippen LogP contribution is 2.38. The molecule has 0 N–H and O–H groups in total. The van der Waals surface area contributed by atoms with Gasteiger partial charge < -0.3 is 4.79 Å². The van der Waals surface area contributed by atoms with Crippen LogP contribution in [0.15, 0.2) is 24.3 Å². The van der Waals surface area contributed by atoms with Gasteiger partial charge in [-0.2, -0.15) is 0 Å². The predicted octanol–water partition coefficient (Wildman–Crippen LogP) is 3.33. The number of benzene rings is 1. The monoisotopic (exact) mass is 202 g/mol. The largest absolute Gasteiger partial charge is 0.303 e. The fourth-order valence-corrected chi connectivity index (χ4v) is 2.23. The fourth-order valence-electron chi connectivity index (χ4n) is 2.23.